The second-order valence-corrected chi connectivity index (χ2v) is 7.16. The molecule has 2 aromatic rings. The molecule has 0 aliphatic rings. The Kier molecular flexibility index (Phi) is 8.67. The summed E-state index contributed by atoms with van der Waals surface area (Å²) in [5, 5.41) is 6.56. The number of hydrogen-bond acceptors (Lipinski definition) is 5. The van der Waals surface area contributed by atoms with Gasteiger partial charge in [0.15, 0.2) is 11.5 Å². The highest BCUT2D eigenvalue weighted by Crippen LogP contribution is 2.29. The Bertz CT molecular complexity index is 884. The quantitative estimate of drug-likeness (QED) is 0.334. The van der Waals surface area contributed by atoms with Crippen LogP contribution in [0.1, 0.15) is 32.8 Å². The number of halogens is 1. The van der Waals surface area contributed by atoms with Crippen LogP contribution in [-0.2, 0) is 9.59 Å². The highest BCUT2D eigenvalue weighted by atomic mass is 79.9. The number of nitrogens with one attached hydrogen (secondary N) is 2. The van der Waals surface area contributed by atoms with Crippen molar-refractivity contribution >= 4 is 39.6 Å². The Morgan fingerprint density at radius 3 is 2.59 bits per heavy atom. The highest BCUT2D eigenvalue weighted by molar-refractivity contribution is 9.10. The molecule has 0 aromatic heterocycles. The number of carbonyl (C=O) groups excluding carboxylic acids is 2. The fourth-order valence-corrected chi connectivity index (χ4v) is 2.73. The van der Waals surface area contributed by atoms with Gasteiger partial charge in [-0.05, 0) is 72.6 Å². The number of nitrogens with zero attached hydrogens (tertiary/aromatic N) is 1. The van der Waals surface area contributed by atoms with Gasteiger partial charge in [-0.15, -0.1) is 0 Å². The number of hydrazone groups is 1. The van der Waals surface area contributed by atoms with Gasteiger partial charge >= 0.3 is 0 Å². The number of anilines is 1. The van der Waals surface area contributed by atoms with E-state index in [9.17, 15) is 9.59 Å². The monoisotopic (exact) mass is 461 g/mol. The van der Waals surface area contributed by atoms with Crippen molar-refractivity contribution in [3.63, 3.8) is 0 Å². The molecule has 0 unspecified atom stereocenters. The SMILES string of the molecule is CCOc1cc(C=NNC(=O)CC(=O)Nc2ccccc2Br)ccc1OC(C)C. The molecular weight excluding hydrogens is 438 g/mol. The number of amides is 2. The molecule has 0 saturated carbocycles. The Morgan fingerprint density at radius 1 is 1.14 bits per heavy atom. The molecule has 2 N–H and O–H groups in total. The number of benzene rings is 2. The first-order valence-electron chi connectivity index (χ1n) is 9.18. The van der Waals surface area contributed by atoms with Gasteiger partial charge in [0.2, 0.25) is 11.8 Å². The zero-order valence-corrected chi connectivity index (χ0v) is 18.2. The van der Waals surface area contributed by atoms with Crippen molar-refractivity contribution in [2.45, 2.75) is 33.3 Å². The van der Waals surface area contributed by atoms with Crippen LogP contribution in [0.25, 0.3) is 0 Å². The molecule has 0 fully saturated rings. The molecule has 29 heavy (non-hydrogen) atoms. The molecule has 0 heterocycles. The van der Waals surface area contributed by atoms with Crippen LogP contribution in [0.4, 0.5) is 5.69 Å². The summed E-state index contributed by atoms with van der Waals surface area (Å²) in [6.07, 6.45) is 1.16. The van der Waals surface area contributed by atoms with E-state index in [4.69, 9.17) is 9.47 Å². The molecule has 0 aliphatic carbocycles. The second-order valence-electron chi connectivity index (χ2n) is 6.30. The van der Waals surface area contributed by atoms with Crippen LogP contribution in [0.3, 0.4) is 0 Å². The average molecular weight is 462 g/mol. The van der Waals surface area contributed by atoms with Gasteiger partial charge < -0.3 is 14.8 Å². The lowest BCUT2D eigenvalue weighted by molar-refractivity contribution is -0.126. The molecule has 0 aliphatic heterocycles. The standard InChI is InChI=1S/C21H24BrN3O4/c1-4-28-19-11-15(9-10-18(19)29-14(2)3)13-23-25-21(27)12-20(26)24-17-8-6-5-7-16(17)22/h5-11,13-14H,4,12H2,1-3H3,(H,24,26)(H,25,27). The first-order chi connectivity index (χ1) is 13.9. The first kappa shape index (κ1) is 22.4. The molecule has 0 atom stereocenters. The lowest BCUT2D eigenvalue weighted by Crippen LogP contribution is -2.24. The van der Waals surface area contributed by atoms with Gasteiger partial charge in [0.05, 0.1) is 24.6 Å². The third-order valence-electron chi connectivity index (χ3n) is 3.50. The summed E-state index contributed by atoms with van der Waals surface area (Å²) < 4.78 is 12.0. The van der Waals surface area contributed by atoms with E-state index in [0.29, 0.717) is 23.8 Å². The molecule has 7 nitrogen and oxygen atoms in total. The zero-order valence-electron chi connectivity index (χ0n) is 16.6. The molecule has 0 bridgehead atoms. The predicted molar refractivity (Wildman–Crippen MR) is 117 cm³/mol. The van der Waals surface area contributed by atoms with Gasteiger partial charge in [-0.25, -0.2) is 5.43 Å². The van der Waals surface area contributed by atoms with Gasteiger partial charge in [0.1, 0.15) is 6.42 Å². The van der Waals surface area contributed by atoms with Crippen molar-refractivity contribution in [3.05, 3.63) is 52.5 Å². The van der Waals surface area contributed by atoms with E-state index in [0.717, 1.165) is 10.0 Å². The fraction of sp³-hybridized carbons (Fsp3) is 0.286. The summed E-state index contributed by atoms with van der Waals surface area (Å²) in [4.78, 5) is 23.9. The van der Waals surface area contributed by atoms with Crippen LogP contribution in [0.15, 0.2) is 52.0 Å². The molecular formula is C21H24BrN3O4. The smallest absolute Gasteiger partial charge is 0.249 e. The Morgan fingerprint density at radius 2 is 1.90 bits per heavy atom. The third kappa shape index (κ3) is 7.57. The van der Waals surface area contributed by atoms with E-state index in [1.165, 1.54) is 6.21 Å². The van der Waals surface area contributed by atoms with Gasteiger partial charge in [-0.3, -0.25) is 9.59 Å². The molecule has 8 heteroatoms. The number of carbonyl (C=O) groups is 2. The molecule has 2 amide bonds. The number of hydrogen-bond donors (Lipinski definition) is 2. The molecule has 2 aromatic carbocycles. The summed E-state index contributed by atoms with van der Waals surface area (Å²) in [5.41, 5.74) is 3.67. The molecule has 0 saturated heterocycles. The van der Waals surface area contributed by atoms with E-state index in [1.54, 1.807) is 36.4 Å². The number of ether oxygens (including phenoxy) is 2. The zero-order chi connectivity index (χ0) is 21.2. The van der Waals surface area contributed by atoms with Crippen molar-refractivity contribution in [2.24, 2.45) is 5.10 Å². The van der Waals surface area contributed by atoms with Crippen LogP contribution in [0.2, 0.25) is 0 Å². The lowest BCUT2D eigenvalue weighted by Gasteiger charge is -2.14. The van der Waals surface area contributed by atoms with E-state index >= 15 is 0 Å². The lowest BCUT2D eigenvalue weighted by atomic mass is 10.2. The van der Waals surface area contributed by atoms with Crippen molar-refractivity contribution in [1.82, 2.24) is 5.43 Å². The van der Waals surface area contributed by atoms with Crippen LogP contribution < -0.4 is 20.2 Å². The molecule has 0 radical (unpaired) electrons. The van der Waals surface area contributed by atoms with Gasteiger partial charge in [-0.2, -0.15) is 5.10 Å². The van der Waals surface area contributed by atoms with Gasteiger partial charge in [0, 0.05) is 4.47 Å². The van der Waals surface area contributed by atoms with Crippen LogP contribution >= 0.6 is 15.9 Å². The number of rotatable bonds is 9. The summed E-state index contributed by atoms with van der Waals surface area (Å²) in [5.74, 6) is 0.296. The van der Waals surface area contributed by atoms with Gasteiger partial charge in [-0.1, -0.05) is 12.1 Å². The first-order valence-corrected chi connectivity index (χ1v) is 9.98. The maximum atomic E-state index is 12.0. The van der Waals surface area contributed by atoms with Crippen LogP contribution in [-0.4, -0.2) is 30.7 Å². The largest absolute Gasteiger partial charge is 0.490 e. The van der Waals surface area contributed by atoms with Crippen LogP contribution in [0.5, 0.6) is 11.5 Å². The summed E-state index contributed by atoms with van der Waals surface area (Å²) in [6.45, 7) is 6.26. The van der Waals surface area contributed by atoms with Crippen molar-refractivity contribution in [2.75, 3.05) is 11.9 Å². The normalized spacial score (nSPS) is 10.8. The summed E-state index contributed by atoms with van der Waals surface area (Å²) >= 11 is 3.34. The molecule has 2 rings (SSSR count). The van der Waals surface area contributed by atoms with Crippen molar-refractivity contribution in [1.29, 1.82) is 0 Å². The Labute approximate surface area is 178 Å². The van der Waals surface area contributed by atoms with E-state index in [2.05, 4.69) is 31.8 Å². The van der Waals surface area contributed by atoms with Crippen LogP contribution in [0, 0.1) is 0 Å². The second kappa shape index (κ2) is 11.2. The summed E-state index contributed by atoms with van der Waals surface area (Å²) in [6, 6.07) is 12.5. The van der Waals surface area contributed by atoms with Crippen molar-refractivity contribution in [3.8, 4) is 11.5 Å². The summed E-state index contributed by atoms with van der Waals surface area (Å²) in [7, 11) is 0. The van der Waals surface area contributed by atoms with E-state index in [-0.39, 0.29) is 12.5 Å². The molecule has 154 valence electrons. The number of para-hydroxylation sites is 1. The third-order valence-corrected chi connectivity index (χ3v) is 4.19. The van der Waals surface area contributed by atoms with Gasteiger partial charge in [0.25, 0.3) is 0 Å². The minimum Gasteiger partial charge on any atom is -0.490 e. The predicted octanol–water partition coefficient (Wildman–Crippen LogP) is 4.11. The Hall–Kier alpha value is -2.87. The van der Waals surface area contributed by atoms with E-state index in [1.807, 2.05) is 26.8 Å². The topological polar surface area (TPSA) is 89.0 Å². The Balaban J connectivity index is 1.91. The molecule has 0 spiro atoms. The maximum Gasteiger partial charge on any atom is 0.249 e. The minimum absolute atomic E-state index is 0.0238. The van der Waals surface area contributed by atoms with E-state index < -0.39 is 11.8 Å². The fourth-order valence-electron chi connectivity index (χ4n) is 2.35. The van der Waals surface area contributed by atoms with Crippen molar-refractivity contribution < 1.29 is 19.1 Å². The highest BCUT2D eigenvalue weighted by Gasteiger charge is 2.11. The maximum absolute atomic E-state index is 12.0. The minimum atomic E-state index is -0.518. The average Bonchev–Trinajstić information content (AvgIpc) is 2.65.